The van der Waals surface area contributed by atoms with Crippen LogP contribution in [0.5, 0.6) is 0 Å². The smallest absolute Gasteiger partial charge is 0.303 e. The van der Waals surface area contributed by atoms with Gasteiger partial charge in [-0.2, -0.15) is 0 Å². The molecule has 0 bridgehead atoms. The minimum absolute atomic E-state index is 0.0238. The summed E-state index contributed by atoms with van der Waals surface area (Å²) in [6.07, 6.45) is 0.909. The molecular formula is C14H16FNO5. The fourth-order valence-electron chi connectivity index (χ4n) is 2.19. The van der Waals surface area contributed by atoms with E-state index >= 15 is 0 Å². The van der Waals surface area contributed by atoms with Gasteiger partial charge in [0.15, 0.2) is 0 Å². The molecule has 21 heavy (non-hydrogen) atoms. The number of nitrogens with zero attached hydrogens (tertiary/aromatic N) is 1. The molecule has 1 aromatic carbocycles. The van der Waals surface area contributed by atoms with Gasteiger partial charge in [-0.15, -0.1) is 0 Å². The summed E-state index contributed by atoms with van der Waals surface area (Å²) in [6, 6.07) is 4.43. The Balaban J connectivity index is 2.98. The van der Waals surface area contributed by atoms with Crippen molar-refractivity contribution in [3.63, 3.8) is 0 Å². The molecule has 0 aromatic heterocycles. The normalized spacial score (nSPS) is 13.3. The minimum atomic E-state index is -1.04. The fraction of sp³-hybridized carbons (Fsp3) is 0.429. The maximum atomic E-state index is 12.2. The number of carbonyl (C=O) groups is 2. The topological polar surface area (TPSA) is 86.5 Å². The highest BCUT2D eigenvalue weighted by atomic mass is 19.3. The molecule has 0 aliphatic carbocycles. The third-order valence-electron chi connectivity index (χ3n) is 3.45. The molecule has 7 heteroatoms. The number of aldehydes is 1. The van der Waals surface area contributed by atoms with Crippen LogP contribution in [0.2, 0.25) is 0 Å². The van der Waals surface area contributed by atoms with Crippen LogP contribution >= 0.6 is 0 Å². The van der Waals surface area contributed by atoms with Crippen molar-refractivity contribution in [3.8, 4) is 0 Å². The quantitative estimate of drug-likeness (QED) is 0.439. The lowest BCUT2D eigenvalue weighted by molar-refractivity contribution is -0.385. The maximum Gasteiger partial charge on any atom is 0.352 e. The lowest BCUT2D eigenvalue weighted by Gasteiger charge is -2.18. The molecule has 0 heterocycles. The van der Waals surface area contributed by atoms with Gasteiger partial charge in [0.25, 0.3) is 5.69 Å². The van der Waals surface area contributed by atoms with Crippen molar-refractivity contribution in [3.05, 3.63) is 39.4 Å². The van der Waals surface area contributed by atoms with Crippen LogP contribution in [0.3, 0.4) is 0 Å². The minimum Gasteiger partial charge on any atom is -0.303 e. The molecule has 0 saturated heterocycles. The van der Waals surface area contributed by atoms with Gasteiger partial charge < -0.3 is 4.79 Å². The van der Waals surface area contributed by atoms with Gasteiger partial charge in [-0.3, -0.25) is 15.1 Å². The molecule has 2 unspecified atom stereocenters. The Bertz CT molecular complexity index is 546. The highest BCUT2D eigenvalue weighted by Crippen LogP contribution is 2.25. The van der Waals surface area contributed by atoms with Gasteiger partial charge in [-0.05, 0) is 30.9 Å². The molecule has 0 saturated carbocycles. The first-order valence-electron chi connectivity index (χ1n) is 6.40. The Hall–Kier alpha value is -2.31. The Kier molecular flexibility index (Phi) is 5.95. The van der Waals surface area contributed by atoms with Gasteiger partial charge in [0, 0.05) is 22.6 Å². The molecule has 0 aliphatic heterocycles. The Morgan fingerprint density at radius 3 is 2.67 bits per heavy atom. The van der Waals surface area contributed by atoms with E-state index in [0.717, 1.165) is 0 Å². The first kappa shape index (κ1) is 16.7. The summed E-state index contributed by atoms with van der Waals surface area (Å²) in [5, 5.41) is 10.7. The number of hydrogen-bond acceptors (Lipinski definition) is 5. The van der Waals surface area contributed by atoms with Crippen LogP contribution in [-0.2, 0) is 21.0 Å². The summed E-state index contributed by atoms with van der Waals surface area (Å²) in [5.41, 5.74) is 1.07. The van der Waals surface area contributed by atoms with Crippen molar-refractivity contribution >= 4 is 17.9 Å². The zero-order valence-electron chi connectivity index (χ0n) is 11.7. The van der Waals surface area contributed by atoms with Crippen LogP contribution in [0.1, 0.15) is 24.5 Å². The second-order valence-corrected chi connectivity index (χ2v) is 4.96. The Labute approximate surface area is 121 Å². The van der Waals surface area contributed by atoms with Crippen LogP contribution < -0.4 is 0 Å². The Morgan fingerprint density at radius 1 is 1.52 bits per heavy atom. The Morgan fingerprint density at radius 2 is 2.19 bits per heavy atom. The predicted molar refractivity (Wildman–Crippen MR) is 72.1 cm³/mol. The number of aryl methyl sites for hydroxylation is 1. The van der Waals surface area contributed by atoms with Crippen molar-refractivity contribution in [2.75, 3.05) is 0 Å². The second-order valence-electron chi connectivity index (χ2n) is 4.96. The third kappa shape index (κ3) is 4.34. The van der Waals surface area contributed by atoms with E-state index in [4.69, 9.17) is 0 Å². The summed E-state index contributed by atoms with van der Waals surface area (Å²) < 4.78 is 12.2. The van der Waals surface area contributed by atoms with Crippen molar-refractivity contribution in [2.24, 2.45) is 11.8 Å². The van der Waals surface area contributed by atoms with Crippen LogP contribution in [0, 0.1) is 28.9 Å². The molecule has 1 aromatic rings. The zero-order chi connectivity index (χ0) is 16.0. The molecule has 0 fully saturated rings. The third-order valence-corrected chi connectivity index (χ3v) is 3.45. The number of rotatable bonds is 7. The second kappa shape index (κ2) is 7.47. The fourth-order valence-corrected chi connectivity index (χ4v) is 2.19. The van der Waals surface area contributed by atoms with Crippen molar-refractivity contribution in [1.82, 2.24) is 0 Å². The molecule has 0 amide bonds. The van der Waals surface area contributed by atoms with Crippen molar-refractivity contribution in [1.29, 1.82) is 0 Å². The summed E-state index contributed by atoms with van der Waals surface area (Å²) in [4.78, 5) is 35.5. The molecule has 0 radical (unpaired) electrons. The molecule has 0 spiro atoms. The number of benzene rings is 1. The largest absolute Gasteiger partial charge is 0.352 e. The van der Waals surface area contributed by atoms with E-state index in [1.165, 1.54) is 12.1 Å². The molecule has 114 valence electrons. The van der Waals surface area contributed by atoms with E-state index in [9.17, 15) is 24.2 Å². The monoisotopic (exact) mass is 297 g/mol. The number of carbonyl (C=O) groups excluding carboxylic acids is 2. The molecule has 1 rings (SSSR count). The number of nitro benzene ring substituents is 1. The average molecular weight is 297 g/mol. The van der Waals surface area contributed by atoms with E-state index < -0.39 is 16.8 Å². The number of nitro groups is 1. The van der Waals surface area contributed by atoms with Crippen LogP contribution in [0.4, 0.5) is 10.2 Å². The molecule has 0 N–H and O–H groups in total. The zero-order valence-corrected chi connectivity index (χ0v) is 11.7. The van der Waals surface area contributed by atoms with Gasteiger partial charge in [0.2, 0.25) is 0 Å². The SMILES string of the molecule is Cc1cc(CC(C(=O)OF)C(C)CC=O)ccc1[N+](=O)[O-]. The molecule has 6 nitrogen and oxygen atoms in total. The summed E-state index contributed by atoms with van der Waals surface area (Å²) in [5.74, 6) is -2.25. The molecular weight excluding hydrogens is 281 g/mol. The predicted octanol–water partition coefficient (Wildman–Crippen LogP) is 2.71. The van der Waals surface area contributed by atoms with Gasteiger partial charge in [-0.1, -0.05) is 13.0 Å². The average Bonchev–Trinajstić information content (AvgIpc) is 2.43. The lowest BCUT2D eigenvalue weighted by atomic mass is 9.86. The van der Waals surface area contributed by atoms with Crippen molar-refractivity contribution < 1.29 is 24.0 Å². The van der Waals surface area contributed by atoms with Crippen LogP contribution in [0.15, 0.2) is 18.2 Å². The van der Waals surface area contributed by atoms with Gasteiger partial charge in [0.05, 0.1) is 10.8 Å². The highest BCUT2D eigenvalue weighted by Gasteiger charge is 2.28. The maximum absolute atomic E-state index is 12.2. The first-order chi connectivity index (χ1) is 9.90. The summed E-state index contributed by atoms with van der Waals surface area (Å²) in [6.45, 7) is 3.23. The van der Waals surface area contributed by atoms with Gasteiger partial charge >= 0.3 is 5.97 Å². The van der Waals surface area contributed by atoms with E-state index in [1.54, 1.807) is 19.9 Å². The van der Waals surface area contributed by atoms with E-state index in [-0.39, 0.29) is 24.4 Å². The van der Waals surface area contributed by atoms with Gasteiger partial charge in [0.1, 0.15) is 6.29 Å². The standard InChI is InChI=1S/C14H16FNO5/c1-9(5-6-17)12(14(18)21-15)8-11-3-4-13(16(19)20)10(2)7-11/h3-4,6-7,9,12H,5,8H2,1-2H3. The van der Waals surface area contributed by atoms with E-state index in [1.807, 2.05) is 0 Å². The van der Waals surface area contributed by atoms with E-state index in [0.29, 0.717) is 17.4 Å². The molecule has 0 aliphatic rings. The summed E-state index contributed by atoms with van der Waals surface area (Å²) >= 11 is 0. The molecule has 2 atom stereocenters. The van der Waals surface area contributed by atoms with Crippen molar-refractivity contribution in [2.45, 2.75) is 26.7 Å². The van der Waals surface area contributed by atoms with Crippen LogP contribution in [-0.4, -0.2) is 17.2 Å². The highest BCUT2D eigenvalue weighted by molar-refractivity contribution is 5.73. The van der Waals surface area contributed by atoms with Gasteiger partial charge in [-0.25, -0.2) is 4.79 Å². The first-order valence-corrected chi connectivity index (χ1v) is 6.40. The van der Waals surface area contributed by atoms with E-state index in [2.05, 4.69) is 4.94 Å². The van der Waals surface area contributed by atoms with Crippen LogP contribution in [0.25, 0.3) is 0 Å². The number of hydrogen-bond donors (Lipinski definition) is 0. The summed E-state index contributed by atoms with van der Waals surface area (Å²) in [7, 11) is 0. The lowest BCUT2D eigenvalue weighted by Crippen LogP contribution is -2.25. The number of halogens is 1.